The van der Waals surface area contributed by atoms with Crippen LogP contribution in [0.3, 0.4) is 0 Å². The molecule has 1 saturated heterocycles. The van der Waals surface area contributed by atoms with Crippen LogP contribution in [0.5, 0.6) is 0 Å². The second kappa shape index (κ2) is 2.74. The fraction of sp³-hybridized carbons (Fsp3) is 1.00. The van der Waals surface area contributed by atoms with E-state index in [1.165, 1.54) is 12.8 Å². The van der Waals surface area contributed by atoms with E-state index in [4.69, 9.17) is 0 Å². The number of rotatable bonds is 2. The van der Waals surface area contributed by atoms with Crippen molar-refractivity contribution in [3.05, 3.63) is 0 Å². The van der Waals surface area contributed by atoms with Gasteiger partial charge >= 0.3 is 0 Å². The van der Waals surface area contributed by atoms with Gasteiger partial charge in [-0.15, -0.1) is 0 Å². The van der Waals surface area contributed by atoms with E-state index in [1.54, 1.807) is 0 Å². The molecule has 1 fully saturated rings. The summed E-state index contributed by atoms with van der Waals surface area (Å²) in [6.45, 7) is 3.31. The van der Waals surface area contributed by atoms with Crippen molar-refractivity contribution >= 4 is 12.6 Å². The molecule has 0 aromatic rings. The zero-order valence-electron chi connectivity index (χ0n) is 5.22. The van der Waals surface area contributed by atoms with Crippen LogP contribution in [-0.4, -0.2) is 17.8 Å². The molecular formula is C6H13NS. The number of thiol groups is 1. The van der Waals surface area contributed by atoms with Crippen molar-refractivity contribution in [2.75, 3.05) is 6.54 Å². The van der Waals surface area contributed by atoms with Gasteiger partial charge in [0.1, 0.15) is 0 Å². The maximum Gasteiger partial charge on any atom is 0.0295 e. The molecule has 1 heterocycles. The monoisotopic (exact) mass is 131 g/mol. The van der Waals surface area contributed by atoms with Crippen LogP contribution >= 0.6 is 12.6 Å². The highest BCUT2D eigenvalue weighted by Crippen LogP contribution is 2.14. The fourth-order valence-electron chi connectivity index (χ4n) is 0.995. The van der Waals surface area contributed by atoms with Crippen molar-refractivity contribution < 1.29 is 0 Å². The van der Waals surface area contributed by atoms with Crippen molar-refractivity contribution in [1.29, 1.82) is 0 Å². The molecule has 0 saturated carbocycles. The predicted molar refractivity (Wildman–Crippen MR) is 39.5 cm³/mol. The molecule has 1 nitrogen and oxygen atoms in total. The van der Waals surface area contributed by atoms with Crippen LogP contribution in [0.15, 0.2) is 0 Å². The maximum absolute atomic E-state index is 4.35. The predicted octanol–water partition coefficient (Wildman–Crippen LogP) is 1.06. The molecule has 0 amide bonds. The van der Waals surface area contributed by atoms with Gasteiger partial charge in [0, 0.05) is 17.8 Å². The van der Waals surface area contributed by atoms with Crippen molar-refractivity contribution in [3.63, 3.8) is 0 Å². The summed E-state index contributed by atoms with van der Waals surface area (Å²) in [7, 11) is 0. The van der Waals surface area contributed by atoms with Gasteiger partial charge < -0.3 is 5.32 Å². The Hall–Kier alpha value is 0.310. The Morgan fingerprint density at radius 1 is 1.75 bits per heavy atom. The Morgan fingerprint density at radius 3 is 2.62 bits per heavy atom. The maximum atomic E-state index is 4.35. The van der Waals surface area contributed by atoms with Crippen LogP contribution in [0.25, 0.3) is 0 Å². The van der Waals surface area contributed by atoms with E-state index in [1.807, 2.05) is 0 Å². The summed E-state index contributed by atoms with van der Waals surface area (Å²) in [6, 6.07) is 0.711. The Bertz CT molecular complexity index is 74.9. The molecule has 2 atom stereocenters. The largest absolute Gasteiger partial charge is 0.312 e. The minimum atomic E-state index is 0.634. The third-order valence-electron chi connectivity index (χ3n) is 1.65. The summed E-state index contributed by atoms with van der Waals surface area (Å²) in [5.74, 6) is 0. The van der Waals surface area contributed by atoms with Gasteiger partial charge in [0.25, 0.3) is 0 Å². The van der Waals surface area contributed by atoms with E-state index in [0.717, 1.165) is 6.54 Å². The summed E-state index contributed by atoms with van der Waals surface area (Å²) in [5, 5.41) is 3.95. The van der Waals surface area contributed by atoms with Crippen LogP contribution < -0.4 is 5.32 Å². The second-order valence-corrected chi connectivity index (χ2v) is 3.03. The lowest BCUT2D eigenvalue weighted by Gasteiger charge is -2.34. The van der Waals surface area contributed by atoms with Gasteiger partial charge in [0.05, 0.1) is 0 Å². The number of hydrogen-bond acceptors (Lipinski definition) is 2. The highest BCUT2D eigenvalue weighted by Gasteiger charge is 2.24. The van der Waals surface area contributed by atoms with Gasteiger partial charge in [-0.2, -0.15) is 12.6 Å². The molecule has 0 radical (unpaired) electrons. The van der Waals surface area contributed by atoms with Crippen LogP contribution in [-0.2, 0) is 0 Å². The van der Waals surface area contributed by atoms with E-state index < -0.39 is 0 Å². The smallest absolute Gasteiger partial charge is 0.0295 e. The van der Waals surface area contributed by atoms with Gasteiger partial charge in [-0.1, -0.05) is 13.3 Å². The second-order valence-electron chi connectivity index (χ2n) is 2.37. The molecule has 2 unspecified atom stereocenters. The van der Waals surface area contributed by atoms with Crippen molar-refractivity contribution in [2.24, 2.45) is 0 Å². The van der Waals surface area contributed by atoms with E-state index in [9.17, 15) is 0 Å². The Labute approximate surface area is 56.3 Å². The first-order valence-electron chi connectivity index (χ1n) is 3.26. The molecule has 0 spiro atoms. The Kier molecular flexibility index (Phi) is 2.20. The Balaban J connectivity index is 2.08. The third kappa shape index (κ3) is 1.17. The molecule has 1 aliphatic heterocycles. The van der Waals surface area contributed by atoms with Gasteiger partial charge in [-0.3, -0.25) is 0 Å². The first-order valence-corrected chi connectivity index (χ1v) is 3.77. The Morgan fingerprint density at radius 2 is 2.50 bits per heavy atom. The zero-order chi connectivity index (χ0) is 5.98. The minimum Gasteiger partial charge on any atom is -0.312 e. The summed E-state index contributed by atoms with van der Waals surface area (Å²) in [5.41, 5.74) is 0. The van der Waals surface area contributed by atoms with E-state index in [2.05, 4.69) is 24.9 Å². The molecule has 0 aromatic heterocycles. The first kappa shape index (κ1) is 6.43. The molecular weight excluding hydrogens is 118 g/mol. The average Bonchev–Trinajstić information content (AvgIpc) is 1.79. The lowest BCUT2D eigenvalue weighted by molar-refractivity contribution is 0.363. The topological polar surface area (TPSA) is 12.0 Å². The highest BCUT2D eigenvalue weighted by molar-refractivity contribution is 7.81. The highest BCUT2D eigenvalue weighted by atomic mass is 32.1. The lowest BCUT2D eigenvalue weighted by Crippen LogP contribution is -2.54. The van der Waals surface area contributed by atoms with Crippen LogP contribution in [0, 0.1) is 0 Å². The molecule has 0 aromatic carbocycles. The molecule has 0 aliphatic carbocycles. The number of nitrogens with one attached hydrogen (secondary N) is 1. The normalized spacial score (nSPS) is 36.8. The standard InChI is InChI=1S/C6H13NS/c1-2-3-5-6(8)4-7-5/h5-8H,2-4H2,1H3. The fourth-order valence-corrected chi connectivity index (χ4v) is 1.36. The molecule has 8 heavy (non-hydrogen) atoms. The van der Waals surface area contributed by atoms with E-state index >= 15 is 0 Å². The average molecular weight is 131 g/mol. The summed E-state index contributed by atoms with van der Waals surface area (Å²) >= 11 is 4.35. The summed E-state index contributed by atoms with van der Waals surface area (Å²) in [4.78, 5) is 0. The van der Waals surface area contributed by atoms with Gasteiger partial charge in [0.15, 0.2) is 0 Å². The summed E-state index contributed by atoms with van der Waals surface area (Å²) in [6.07, 6.45) is 2.56. The summed E-state index contributed by atoms with van der Waals surface area (Å²) < 4.78 is 0. The van der Waals surface area contributed by atoms with E-state index in [0.29, 0.717) is 11.3 Å². The van der Waals surface area contributed by atoms with E-state index in [-0.39, 0.29) is 0 Å². The first-order chi connectivity index (χ1) is 3.84. The van der Waals surface area contributed by atoms with Crippen LogP contribution in [0.1, 0.15) is 19.8 Å². The molecule has 1 aliphatic rings. The molecule has 1 N–H and O–H groups in total. The zero-order valence-corrected chi connectivity index (χ0v) is 6.12. The van der Waals surface area contributed by atoms with Gasteiger partial charge in [-0.05, 0) is 6.42 Å². The molecule has 1 rings (SSSR count). The lowest BCUT2D eigenvalue weighted by atomic mass is 10.0. The van der Waals surface area contributed by atoms with Crippen molar-refractivity contribution in [1.82, 2.24) is 5.32 Å². The molecule has 2 heteroatoms. The van der Waals surface area contributed by atoms with Crippen molar-refractivity contribution in [3.8, 4) is 0 Å². The molecule has 48 valence electrons. The number of hydrogen-bond donors (Lipinski definition) is 2. The molecule has 0 bridgehead atoms. The van der Waals surface area contributed by atoms with Gasteiger partial charge in [0.2, 0.25) is 0 Å². The van der Waals surface area contributed by atoms with Crippen LogP contribution in [0.2, 0.25) is 0 Å². The minimum absolute atomic E-state index is 0.634. The van der Waals surface area contributed by atoms with Crippen molar-refractivity contribution in [2.45, 2.75) is 31.1 Å². The quantitative estimate of drug-likeness (QED) is 0.534. The SMILES string of the molecule is CCCC1NCC1S. The van der Waals surface area contributed by atoms with Gasteiger partial charge in [-0.25, -0.2) is 0 Å². The van der Waals surface area contributed by atoms with Crippen LogP contribution in [0.4, 0.5) is 0 Å². The third-order valence-corrected chi connectivity index (χ3v) is 2.20.